The average Bonchev–Trinajstić information content (AvgIpc) is 2.45. The summed E-state index contributed by atoms with van der Waals surface area (Å²) in [6.07, 6.45) is 0. The number of carbonyl (C=O) groups excluding carboxylic acids is 2. The van der Waals surface area contributed by atoms with Crippen LogP contribution in [0.1, 0.15) is 10.4 Å². The molecule has 4 nitrogen and oxygen atoms in total. The van der Waals surface area contributed by atoms with E-state index in [1.165, 1.54) is 4.90 Å². The lowest BCUT2D eigenvalue weighted by atomic mass is 10.2. The molecule has 0 aromatic heterocycles. The van der Waals surface area contributed by atoms with Crippen LogP contribution in [0, 0.1) is 3.57 Å². The smallest absolute Gasteiger partial charge is 0.258 e. The second-order valence-electron chi connectivity index (χ2n) is 4.20. The zero-order valence-electron chi connectivity index (χ0n) is 10.6. The summed E-state index contributed by atoms with van der Waals surface area (Å²) < 4.78 is 0.959. The van der Waals surface area contributed by atoms with Crippen molar-refractivity contribution in [3.63, 3.8) is 0 Å². The Morgan fingerprint density at radius 2 is 1.75 bits per heavy atom. The van der Waals surface area contributed by atoms with Crippen LogP contribution < -0.4 is 10.6 Å². The number of primary amides is 1. The van der Waals surface area contributed by atoms with Gasteiger partial charge in [-0.15, -0.1) is 0 Å². The van der Waals surface area contributed by atoms with Gasteiger partial charge < -0.3 is 5.73 Å². The molecule has 20 heavy (non-hydrogen) atoms. The quantitative estimate of drug-likeness (QED) is 0.829. The van der Waals surface area contributed by atoms with Crippen LogP contribution in [0.2, 0.25) is 0 Å². The number of anilines is 1. The average molecular weight is 380 g/mol. The minimum Gasteiger partial charge on any atom is -0.368 e. The third kappa shape index (κ3) is 3.57. The van der Waals surface area contributed by atoms with E-state index in [0.29, 0.717) is 11.3 Å². The molecule has 5 heteroatoms. The Morgan fingerprint density at radius 3 is 2.35 bits per heavy atom. The molecule has 0 atom stereocenters. The van der Waals surface area contributed by atoms with Crippen molar-refractivity contribution in [2.45, 2.75) is 0 Å². The fraction of sp³-hybridized carbons (Fsp3) is 0.0667. The maximum atomic E-state index is 12.5. The third-order valence-electron chi connectivity index (χ3n) is 2.70. The van der Waals surface area contributed by atoms with Crippen molar-refractivity contribution in [2.24, 2.45) is 5.73 Å². The van der Waals surface area contributed by atoms with Crippen LogP contribution >= 0.6 is 22.6 Å². The molecule has 0 spiro atoms. The van der Waals surface area contributed by atoms with Gasteiger partial charge in [0.15, 0.2) is 0 Å². The van der Waals surface area contributed by atoms with E-state index < -0.39 is 5.91 Å². The van der Waals surface area contributed by atoms with Gasteiger partial charge in [-0.1, -0.05) is 24.3 Å². The summed E-state index contributed by atoms with van der Waals surface area (Å²) in [7, 11) is 0. The van der Waals surface area contributed by atoms with E-state index in [0.717, 1.165) is 3.57 Å². The SMILES string of the molecule is NC(=O)CN(C(=O)c1cccc(I)c1)c1ccccc1. The van der Waals surface area contributed by atoms with E-state index in [2.05, 4.69) is 22.6 Å². The van der Waals surface area contributed by atoms with E-state index in [9.17, 15) is 9.59 Å². The first-order valence-corrected chi connectivity index (χ1v) is 7.06. The number of rotatable bonds is 4. The molecule has 0 aliphatic heterocycles. The predicted molar refractivity (Wildman–Crippen MR) is 86.5 cm³/mol. The van der Waals surface area contributed by atoms with Crippen molar-refractivity contribution in [1.29, 1.82) is 0 Å². The molecule has 0 aliphatic rings. The number of hydrogen-bond acceptors (Lipinski definition) is 2. The van der Waals surface area contributed by atoms with E-state index in [1.54, 1.807) is 24.3 Å². The molecule has 0 radical (unpaired) electrons. The number of halogens is 1. The van der Waals surface area contributed by atoms with Crippen LogP contribution in [0.3, 0.4) is 0 Å². The van der Waals surface area contributed by atoms with Crippen LogP contribution in [0.15, 0.2) is 54.6 Å². The highest BCUT2D eigenvalue weighted by molar-refractivity contribution is 14.1. The highest BCUT2D eigenvalue weighted by Crippen LogP contribution is 2.17. The molecular weight excluding hydrogens is 367 g/mol. The molecule has 2 aromatic rings. The number of carbonyl (C=O) groups is 2. The van der Waals surface area contributed by atoms with Gasteiger partial charge in [0, 0.05) is 14.8 Å². The molecule has 0 unspecified atom stereocenters. The lowest BCUT2D eigenvalue weighted by Gasteiger charge is -2.21. The largest absolute Gasteiger partial charge is 0.368 e. The standard InChI is InChI=1S/C15H13IN2O2/c16-12-6-4-5-11(9-12)15(20)18(10-14(17)19)13-7-2-1-3-8-13/h1-9H,10H2,(H2,17,19). The van der Waals surface area contributed by atoms with E-state index >= 15 is 0 Å². The molecule has 0 saturated heterocycles. The summed E-state index contributed by atoms with van der Waals surface area (Å²) >= 11 is 2.14. The van der Waals surface area contributed by atoms with Crippen molar-refractivity contribution in [2.75, 3.05) is 11.4 Å². The van der Waals surface area contributed by atoms with Crippen molar-refractivity contribution in [1.82, 2.24) is 0 Å². The maximum Gasteiger partial charge on any atom is 0.258 e. The summed E-state index contributed by atoms with van der Waals surface area (Å²) in [5, 5.41) is 0. The predicted octanol–water partition coefficient (Wildman–Crippen LogP) is 2.42. The molecule has 0 saturated carbocycles. The molecule has 2 aromatic carbocycles. The number of nitrogens with two attached hydrogens (primary N) is 1. The van der Waals surface area contributed by atoms with Gasteiger partial charge in [-0.05, 0) is 52.9 Å². The first kappa shape index (κ1) is 14.5. The van der Waals surface area contributed by atoms with Gasteiger partial charge in [0.1, 0.15) is 6.54 Å². The van der Waals surface area contributed by atoms with Crippen molar-refractivity contribution in [3.05, 3.63) is 63.7 Å². The van der Waals surface area contributed by atoms with Crippen LogP contribution in [0.5, 0.6) is 0 Å². The maximum absolute atomic E-state index is 12.5. The second-order valence-corrected chi connectivity index (χ2v) is 5.45. The molecule has 102 valence electrons. The Hall–Kier alpha value is -1.89. The molecule has 0 bridgehead atoms. The highest BCUT2D eigenvalue weighted by Gasteiger charge is 2.19. The monoisotopic (exact) mass is 380 g/mol. The number of benzene rings is 2. The summed E-state index contributed by atoms with van der Waals surface area (Å²) in [5.41, 5.74) is 6.42. The van der Waals surface area contributed by atoms with Crippen LogP contribution in [0.4, 0.5) is 5.69 Å². The van der Waals surface area contributed by atoms with E-state index in [4.69, 9.17) is 5.73 Å². The molecule has 0 fully saturated rings. The zero-order chi connectivity index (χ0) is 14.5. The van der Waals surface area contributed by atoms with Gasteiger partial charge in [0.25, 0.3) is 5.91 Å². The lowest BCUT2D eigenvalue weighted by Crippen LogP contribution is -2.38. The van der Waals surface area contributed by atoms with E-state index in [-0.39, 0.29) is 12.5 Å². The fourth-order valence-corrected chi connectivity index (χ4v) is 2.36. The van der Waals surface area contributed by atoms with Crippen LogP contribution in [-0.4, -0.2) is 18.4 Å². The van der Waals surface area contributed by atoms with Crippen molar-refractivity contribution < 1.29 is 9.59 Å². The summed E-state index contributed by atoms with van der Waals surface area (Å²) in [5.74, 6) is -0.790. The molecule has 0 aliphatic carbocycles. The summed E-state index contributed by atoms with van der Waals surface area (Å²) in [4.78, 5) is 25.1. The van der Waals surface area contributed by atoms with Gasteiger partial charge >= 0.3 is 0 Å². The number of amides is 2. The Balaban J connectivity index is 2.36. The van der Waals surface area contributed by atoms with E-state index in [1.807, 2.05) is 30.3 Å². The Morgan fingerprint density at radius 1 is 1.05 bits per heavy atom. The Kier molecular flexibility index (Phi) is 4.73. The molecule has 0 heterocycles. The van der Waals surface area contributed by atoms with Crippen molar-refractivity contribution >= 4 is 40.1 Å². The third-order valence-corrected chi connectivity index (χ3v) is 3.37. The topological polar surface area (TPSA) is 63.4 Å². The molecular formula is C15H13IN2O2. The molecule has 2 rings (SSSR count). The minimum atomic E-state index is -0.548. The number of para-hydroxylation sites is 1. The van der Waals surface area contributed by atoms with Crippen LogP contribution in [-0.2, 0) is 4.79 Å². The number of nitrogens with zero attached hydrogens (tertiary/aromatic N) is 1. The van der Waals surface area contributed by atoms with Gasteiger partial charge in [0.05, 0.1) is 0 Å². The highest BCUT2D eigenvalue weighted by atomic mass is 127. The van der Waals surface area contributed by atoms with Gasteiger partial charge in [-0.3, -0.25) is 14.5 Å². The minimum absolute atomic E-state index is 0.145. The zero-order valence-corrected chi connectivity index (χ0v) is 12.8. The fourth-order valence-electron chi connectivity index (χ4n) is 1.82. The summed E-state index contributed by atoms with van der Waals surface area (Å²) in [6, 6.07) is 16.2. The van der Waals surface area contributed by atoms with Gasteiger partial charge in [-0.25, -0.2) is 0 Å². The Labute approximate surface area is 130 Å². The normalized spacial score (nSPS) is 10.1. The summed E-state index contributed by atoms with van der Waals surface area (Å²) in [6.45, 7) is -0.145. The first-order chi connectivity index (χ1) is 9.58. The second kappa shape index (κ2) is 6.51. The molecule has 2 amide bonds. The first-order valence-electron chi connectivity index (χ1n) is 5.98. The van der Waals surface area contributed by atoms with Gasteiger partial charge in [0.2, 0.25) is 5.91 Å². The van der Waals surface area contributed by atoms with Crippen LogP contribution in [0.25, 0.3) is 0 Å². The lowest BCUT2D eigenvalue weighted by molar-refractivity contribution is -0.116. The number of hydrogen-bond donors (Lipinski definition) is 1. The van der Waals surface area contributed by atoms with Gasteiger partial charge in [-0.2, -0.15) is 0 Å². The molecule has 2 N–H and O–H groups in total. The Bertz CT molecular complexity index is 629. The van der Waals surface area contributed by atoms with Crippen molar-refractivity contribution in [3.8, 4) is 0 Å².